The minimum Gasteiger partial charge on any atom is -0.456 e. The molecular formula is C64H40N2O2. The molecule has 0 spiro atoms. The summed E-state index contributed by atoms with van der Waals surface area (Å²) >= 11 is 0. The van der Waals surface area contributed by atoms with Gasteiger partial charge < -0.3 is 18.3 Å². The Hall–Kier alpha value is -9.12. The maximum atomic E-state index is 6.57. The smallest absolute Gasteiger partial charge is 0.143 e. The van der Waals surface area contributed by atoms with Crippen molar-refractivity contribution < 1.29 is 8.83 Å². The number of aromatic nitrogens is 1. The molecule has 0 amide bonds. The maximum absolute atomic E-state index is 6.57. The van der Waals surface area contributed by atoms with Crippen LogP contribution in [0.1, 0.15) is 0 Å². The van der Waals surface area contributed by atoms with Gasteiger partial charge in [-0.3, -0.25) is 0 Å². The molecule has 0 atom stereocenters. The van der Waals surface area contributed by atoms with Gasteiger partial charge in [-0.15, -0.1) is 0 Å². The third-order valence-corrected chi connectivity index (χ3v) is 13.8. The van der Waals surface area contributed by atoms with Crippen LogP contribution in [0, 0.1) is 0 Å². The van der Waals surface area contributed by atoms with Crippen molar-refractivity contribution in [1.29, 1.82) is 0 Å². The molecule has 4 heteroatoms. The molecule has 0 bridgehead atoms. The Kier molecular flexibility index (Phi) is 8.55. The molecule has 0 aliphatic rings. The van der Waals surface area contributed by atoms with Crippen LogP contribution in [0.15, 0.2) is 251 Å². The summed E-state index contributed by atoms with van der Waals surface area (Å²) in [6, 6.07) is 87.0. The van der Waals surface area contributed by atoms with E-state index >= 15 is 0 Å². The number of fused-ring (bicyclic) bond motifs is 11. The number of anilines is 3. The largest absolute Gasteiger partial charge is 0.456 e. The van der Waals surface area contributed by atoms with E-state index in [4.69, 9.17) is 8.83 Å². The normalized spacial score (nSPS) is 11.8. The molecule has 3 heterocycles. The Morgan fingerprint density at radius 1 is 0.309 bits per heavy atom. The van der Waals surface area contributed by atoms with Crippen LogP contribution >= 0.6 is 0 Å². The average molecular weight is 869 g/mol. The molecule has 3 aromatic heterocycles. The standard InChI is InChI=1S/C64H40N2O2/c1-2-14-52-43(11-1)29-38-57-63-51(18-10-22-61(63)68-64(52)57)44-27-35-49(36-28-44)65(48-33-25-42(26-34-48)46-30-37-56-55-17-5-8-21-60(55)67-62(56)40-46)47-31-23-41(24-32-47)45-12-9-13-50(39-45)66-58-19-6-3-15-53(58)54-16-4-7-20-59(54)66/h1-40H. The Labute approximate surface area is 391 Å². The van der Waals surface area contributed by atoms with Gasteiger partial charge in [-0.25, -0.2) is 0 Å². The molecule has 0 saturated heterocycles. The van der Waals surface area contributed by atoms with E-state index in [9.17, 15) is 0 Å². The third kappa shape index (κ3) is 6.08. The number of para-hydroxylation sites is 3. The summed E-state index contributed by atoms with van der Waals surface area (Å²) in [5.41, 5.74) is 17.1. The van der Waals surface area contributed by atoms with Crippen molar-refractivity contribution >= 4 is 93.5 Å². The van der Waals surface area contributed by atoms with E-state index in [2.05, 4.69) is 240 Å². The zero-order valence-electron chi connectivity index (χ0n) is 36.8. The summed E-state index contributed by atoms with van der Waals surface area (Å²) in [7, 11) is 0. The van der Waals surface area contributed by atoms with Gasteiger partial charge in [-0.1, -0.05) is 152 Å². The predicted molar refractivity (Wildman–Crippen MR) is 284 cm³/mol. The van der Waals surface area contributed by atoms with Gasteiger partial charge >= 0.3 is 0 Å². The van der Waals surface area contributed by atoms with Gasteiger partial charge in [0.25, 0.3) is 0 Å². The molecule has 0 saturated carbocycles. The fraction of sp³-hybridized carbons (Fsp3) is 0. The van der Waals surface area contributed by atoms with Crippen LogP contribution < -0.4 is 4.90 Å². The summed E-state index contributed by atoms with van der Waals surface area (Å²) < 4.78 is 15.2. The molecule has 0 radical (unpaired) electrons. The van der Waals surface area contributed by atoms with Gasteiger partial charge in [0.1, 0.15) is 22.3 Å². The second-order valence-electron chi connectivity index (χ2n) is 17.6. The van der Waals surface area contributed by atoms with Crippen LogP contribution in [0.25, 0.3) is 116 Å². The topological polar surface area (TPSA) is 34.5 Å². The molecular weight excluding hydrogens is 829 g/mol. The molecule has 14 rings (SSSR count). The first-order valence-corrected chi connectivity index (χ1v) is 23.1. The molecule has 14 aromatic rings. The molecule has 0 aliphatic heterocycles. The number of hydrogen-bond acceptors (Lipinski definition) is 3. The minimum absolute atomic E-state index is 0.889. The highest BCUT2D eigenvalue weighted by Crippen LogP contribution is 2.43. The van der Waals surface area contributed by atoms with Crippen LogP contribution in [0.3, 0.4) is 0 Å². The van der Waals surface area contributed by atoms with Crippen molar-refractivity contribution in [3.8, 4) is 39.1 Å². The van der Waals surface area contributed by atoms with Crippen molar-refractivity contribution in [3.63, 3.8) is 0 Å². The second kappa shape index (κ2) is 15.2. The van der Waals surface area contributed by atoms with Crippen LogP contribution in [-0.4, -0.2) is 4.57 Å². The van der Waals surface area contributed by atoms with Crippen molar-refractivity contribution in [2.45, 2.75) is 0 Å². The molecule has 318 valence electrons. The van der Waals surface area contributed by atoms with Gasteiger partial charge in [-0.05, 0) is 130 Å². The van der Waals surface area contributed by atoms with Crippen LogP contribution in [-0.2, 0) is 0 Å². The Morgan fingerprint density at radius 2 is 0.838 bits per heavy atom. The molecule has 0 aliphatic carbocycles. The molecule has 0 fully saturated rings. The van der Waals surface area contributed by atoms with E-state index in [1.807, 2.05) is 12.1 Å². The Morgan fingerprint density at radius 3 is 1.54 bits per heavy atom. The first kappa shape index (κ1) is 38.2. The Balaban J connectivity index is 0.850. The summed E-state index contributed by atoms with van der Waals surface area (Å²) in [6.07, 6.45) is 0. The van der Waals surface area contributed by atoms with E-state index in [1.54, 1.807) is 0 Å². The zero-order chi connectivity index (χ0) is 44.7. The lowest BCUT2D eigenvalue weighted by molar-refractivity contribution is 0.669. The van der Waals surface area contributed by atoms with Gasteiger partial charge in [-0.2, -0.15) is 0 Å². The molecule has 68 heavy (non-hydrogen) atoms. The first-order valence-electron chi connectivity index (χ1n) is 23.1. The number of rotatable bonds is 7. The van der Waals surface area contributed by atoms with E-state index in [0.29, 0.717) is 0 Å². The van der Waals surface area contributed by atoms with Crippen LogP contribution in [0.5, 0.6) is 0 Å². The SMILES string of the molecule is c1cc(-c2ccc(N(c3ccc(-c4ccc5c(c4)oc4ccccc45)cc3)c3ccc(-c4cccc5oc6c7ccccc7ccc6c45)cc3)cc2)cc(-n2c3ccccc3c3ccccc32)c1. The fourth-order valence-corrected chi connectivity index (χ4v) is 10.6. The maximum Gasteiger partial charge on any atom is 0.143 e. The number of furan rings is 2. The van der Waals surface area contributed by atoms with Gasteiger partial charge in [0.15, 0.2) is 0 Å². The summed E-state index contributed by atoms with van der Waals surface area (Å²) in [5, 5.41) is 9.33. The van der Waals surface area contributed by atoms with E-state index in [-0.39, 0.29) is 0 Å². The van der Waals surface area contributed by atoms with Crippen molar-refractivity contribution in [2.75, 3.05) is 4.90 Å². The highest BCUT2D eigenvalue weighted by molar-refractivity contribution is 6.19. The molecule has 11 aromatic carbocycles. The van der Waals surface area contributed by atoms with Gasteiger partial charge in [0.2, 0.25) is 0 Å². The van der Waals surface area contributed by atoms with Crippen molar-refractivity contribution in [1.82, 2.24) is 4.57 Å². The van der Waals surface area contributed by atoms with Gasteiger partial charge in [0.05, 0.1) is 11.0 Å². The van der Waals surface area contributed by atoms with E-state index in [0.717, 1.165) is 105 Å². The third-order valence-electron chi connectivity index (χ3n) is 13.8. The number of nitrogens with zero attached hydrogens (tertiary/aromatic N) is 2. The summed E-state index contributed by atoms with van der Waals surface area (Å²) in [4.78, 5) is 2.34. The zero-order valence-corrected chi connectivity index (χ0v) is 36.8. The summed E-state index contributed by atoms with van der Waals surface area (Å²) in [6.45, 7) is 0. The van der Waals surface area contributed by atoms with E-state index < -0.39 is 0 Å². The molecule has 4 nitrogen and oxygen atoms in total. The van der Waals surface area contributed by atoms with Gasteiger partial charge in [0, 0.05) is 60.5 Å². The number of hydrogen-bond donors (Lipinski definition) is 0. The van der Waals surface area contributed by atoms with Crippen molar-refractivity contribution in [2.24, 2.45) is 0 Å². The lowest BCUT2D eigenvalue weighted by Gasteiger charge is -2.26. The summed E-state index contributed by atoms with van der Waals surface area (Å²) in [5.74, 6) is 0. The first-order chi connectivity index (χ1) is 33.7. The highest BCUT2D eigenvalue weighted by atomic mass is 16.3. The number of benzene rings is 11. The lowest BCUT2D eigenvalue weighted by atomic mass is 9.98. The lowest BCUT2D eigenvalue weighted by Crippen LogP contribution is -2.09. The van der Waals surface area contributed by atoms with Crippen LogP contribution in [0.4, 0.5) is 17.1 Å². The second-order valence-corrected chi connectivity index (χ2v) is 17.6. The average Bonchev–Trinajstić information content (AvgIpc) is 4.09. The quantitative estimate of drug-likeness (QED) is 0.160. The van der Waals surface area contributed by atoms with E-state index in [1.165, 1.54) is 27.2 Å². The van der Waals surface area contributed by atoms with Crippen LogP contribution in [0.2, 0.25) is 0 Å². The molecule has 0 unspecified atom stereocenters. The highest BCUT2D eigenvalue weighted by Gasteiger charge is 2.18. The van der Waals surface area contributed by atoms with Crippen molar-refractivity contribution in [3.05, 3.63) is 243 Å². The predicted octanol–water partition coefficient (Wildman–Crippen LogP) is 18.2. The fourth-order valence-electron chi connectivity index (χ4n) is 10.6. The molecule has 0 N–H and O–H groups in total. The monoisotopic (exact) mass is 868 g/mol. The minimum atomic E-state index is 0.889. The Bertz CT molecular complexity index is 4200.